The SMILES string of the molecule is CC(C)(C)N1CC(=Cc2ccccc2)N(C(C)(C)C)C1=P(c1ccccc1)(c1ccccc1)c1cccc(Cl)c1Cl.[Ru]. The minimum Gasteiger partial charge on any atom is -0.329 e. The number of halogens is 2. The molecule has 0 radical (unpaired) electrons. The second-order valence-corrected chi connectivity index (χ2v) is 16.6. The van der Waals surface area contributed by atoms with Crippen LogP contribution in [0.5, 0.6) is 0 Å². The van der Waals surface area contributed by atoms with Gasteiger partial charge in [-0.3, -0.25) is 0 Å². The van der Waals surface area contributed by atoms with Gasteiger partial charge < -0.3 is 4.90 Å². The summed E-state index contributed by atoms with van der Waals surface area (Å²) in [5, 5.41) is 4.75. The third-order valence-corrected chi connectivity index (χ3v) is 12.8. The summed E-state index contributed by atoms with van der Waals surface area (Å²) in [6.45, 7) is 12.0. The van der Waals surface area contributed by atoms with E-state index in [9.17, 15) is 0 Å². The number of hydrogen-bond acceptors (Lipinski definition) is 0. The van der Waals surface area contributed by atoms with Crippen LogP contribution in [0.1, 0.15) is 47.1 Å². The van der Waals surface area contributed by atoms with Gasteiger partial charge in [-0.1, -0.05) is 126 Å². The van der Waals surface area contributed by atoms with Crippen LogP contribution in [-0.4, -0.2) is 33.0 Å². The zero-order chi connectivity index (χ0) is 29.4. The Morgan fingerprint density at radius 2 is 1.14 bits per heavy atom. The van der Waals surface area contributed by atoms with Crippen LogP contribution in [0.15, 0.2) is 115 Å². The molecule has 0 N–H and O–H groups in total. The molecule has 6 heteroatoms. The predicted octanol–water partition coefficient (Wildman–Crippen LogP) is 8.63. The number of benzene rings is 4. The first kappa shape index (κ1) is 32.8. The molecule has 0 atom stereocenters. The fourth-order valence-electron chi connectivity index (χ4n) is 5.82. The van der Waals surface area contributed by atoms with Crippen molar-refractivity contribution in [2.24, 2.45) is 0 Å². The molecule has 1 fully saturated rings. The second-order valence-electron chi connectivity index (χ2n) is 12.5. The van der Waals surface area contributed by atoms with Gasteiger partial charge in [-0.25, -0.2) is 4.90 Å². The van der Waals surface area contributed by atoms with Crippen molar-refractivity contribution in [3.63, 3.8) is 0 Å². The number of rotatable bonds is 4. The van der Waals surface area contributed by atoms with Gasteiger partial charge in [0, 0.05) is 55.0 Å². The Kier molecular flexibility index (Phi) is 10.0. The third-order valence-electron chi connectivity index (χ3n) is 7.54. The van der Waals surface area contributed by atoms with Gasteiger partial charge in [0.05, 0.1) is 15.6 Å². The van der Waals surface area contributed by atoms with Crippen molar-refractivity contribution in [2.45, 2.75) is 52.6 Å². The van der Waals surface area contributed by atoms with E-state index in [2.05, 4.69) is 154 Å². The molecule has 0 aromatic heterocycles. The van der Waals surface area contributed by atoms with Gasteiger partial charge in [-0.05, 0) is 69.9 Å². The van der Waals surface area contributed by atoms with Gasteiger partial charge in [-0.15, -0.1) is 0 Å². The van der Waals surface area contributed by atoms with Crippen LogP contribution < -0.4 is 15.9 Å². The molecule has 42 heavy (non-hydrogen) atoms. The summed E-state index contributed by atoms with van der Waals surface area (Å²) < 4.78 is 0. The van der Waals surface area contributed by atoms with Crippen LogP contribution in [-0.2, 0) is 19.5 Å². The Labute approximate surface area is 275 Å². The average Bonchev–Trinajstić information content (AvgIpc) is 3.34. The maximum atomic E-state index is 7.28. The molecule has 1 heterocycles. The molecule has 1 aliphatic heterocycles. The van der Waals surface area contributed by atoms with E-state index >= 15 is 0 Å². The van der Waals surface area contributed by atoms with E-state index in [-0.39, 0.29) is 30.6 Å². The van der Waals surface area contributed by atoms with Gasteiger partial charge >= 0.3 is 0 Å². The van der Waals surface area contributed by atoms with Crippen LogP contribution in [0.2, 0.25) is 10.0 Å². The first-order valence-electron chi connectivity index (χ1n) is 14.1. The zero-order valence-corrected chi connectivity index (χ0v) is 29.3. The van der Waals surface area contributed by atoms with Gasteiger partial charge in [0.2, 0.25) is 0 Å². The Morgan fingerprint density at radius 3 is 1.62 bits per heavy atom. The summed E-state index contributed by atoms with van der Waals surface area (Å²) in [5.74, 6) is 0. The summed E-state index contributed by atoms with van der Waals surface area (Å²) >= 11 is 14.1. The summed E-state index contributed by atoms with van der Waals surface area (Å²) in [7, 11) is 0. The van der Waals surface area contributed by atoms with Gasteiger partial charge in [0.1, 0.15) is 0 Å². The molecule has 0 unspecified atom stereocenters. The van der Waals surface area contributed by atoms with E-state index in [4.69, 9.17) is 23.2 Å². The molecule has 0 spiro atoms. The molecule has 5 rings (SSSR count). The number of nitrogens with zero attached hydrogens (tertiary/aromatic N) is 2. The van der Waals surface area contributed by atoms with E-state index in [0.717, 1.165) is 11.8 Å². The van der Waals surface area contributed by atoms with Crippen LogP contribution >= 0.6 is 30.1 Å². The van der Waals surface area contributed by atoms with Crippen molar-refractivity contribution >= 4 is 57.6 Å². The molecule has 0 aliphatic carbocycles. The Hall–Kier alpha value is -2.12. The average molecular weight is 703 g/mol. The first-order valence-corrected chi connectivity index (χ1v) is 16.7. The van der Waals surface area contributed by atoms with Crippen molar-refractivity contribution < 1.29 is 19.5 Å². The minimum atomic E-state index is -2.60. The van der Waals surface area contributed by atoms with E-state index in [1.807, 2.05) is 12.1 Å². The minimum absolute atomic E-state index is 0. The largest absolute Gasteiger partial charge is 0.329 e. The molecule has 0 bridgehead atoms. The van der Waals surface area contributed by atoms with Crippen molar-refractivity contribution in [1.29, 1.82) is 0 Å². The van der Waals surface area contributed by atoms with Gasteiger partial charge in [0.15, 0.2) is 0 Å². The molecule has 1 saturated heterocycles. The molecule has 0 amide bonds. The summed E-state index contributed by atoms with van der Waals surface area (Å²) in [6, 6.07) is 38.6. The van der Waals surface area contributed by atoms with Gasteiger partial charge in [-0.2, -0.15) is 0 Å². The van der Waals surface area contributed by atoms with E-state index in [0.29, 0.717) is 10.0 Å². The van der Waals surface area contributed by atoms with Crippen LogP contribution in [0.3, 0.4) is 0 Å². The maximum absolute atomic E-state index is 7.28. The quantitative estimate of drug-likeness (QED) is 0.155. The predicted molar refractivity (Wildman–Crippen MR) is 183 cm³/mol. The molecular formula is C36H39Cl2N2PRu. The smallest absolute Gasteiger partial charge is 0.0971 e. The van der Waals surface area contributed by atoms with Crippen molar-refractivity contribution in [1.82, 2.24) is 9.80 Å². The topological polar surface area (TPSA) is 6.48 Å². The zero-order valence-electron chi connectivity index (χ0n) is 25.1. The fraction of sp³-hybridized carbons (Fsp3) is 0.250. The Balaban J connectivity index is 0.00000405. The van der Waals surface area contributed by atoms with Gasteiger partial charge in [0.25, 0.3) is 0 Å². The molecule has 2 nitrogen and oxygen atoms in total. The van der Waals surface area contributed by atoms with Crippen LogP contribution in [0, 0.1) is 0 Å². The van der Waals surface area contributed by atoms with E-state index in [1.165, 1.54) is 27.4 Å². The van der Waals surface area contributed by atoms with Crippen molar-refractivity contribution in [2.75, 3.05) is 6.54 Å². The summed E-state index contributed by atoms with van der Waals surface area (Å²) in [4.78, 5) is 5.20. The molecule has 0 saturated carbocycles. The van der Waals surface area contributed by atoms with Crippen molar-refractivity contribution in [3.8, 4) is 0 Å². The Bertz CT molecular complexity index is 1560. The molecule has 4 aromatic carbocycles. The van der Waals surface area contributed by atoms with Crippen LogP contribution in [0.4, 0.5) is 0 Å². The molecule has 220 valence electrons. The second kappa shape index (κ2) is 12.9. The van der Waals surface area contributed by atoms with Crippen LogP contribution in [0.25, 0.3) is 6.08 Å². The maximum Gasteiger partial charge on any atom is 0.0971 e. The Morgan fingerprint density at radius 1 is 0.643 bits per heavy atom. The summed E-state index contributed by atoms with van der Waals surface area (Å²) in [6.07, 6.45) is 2.35. The molecular weight excluding hydrogens is 663 g/mol. The normalized spacial score (nSPS) is 15.7. The van der Waals surface area contributed by atoms with E-state index in [1.54, 1.807) is 0 Å². The monoisotopic (exact) mass is 702 g/mol. The third kappa shape index (κ3) is 6.10. The van der Waals surface area contributed by atoms with E-state index < -0.39 is 6.89 Å². The number of hydrogen-bond donors (Lipinski definition) is 0. The molecule has 1 aliphatic rings. The fourth-order valence-corrected chi connectivity index (χ4v) is 11.5. The first-order chi connectivity index (χ1) is 19.5. The standard InChI is InChI=1S/C36H39Cl2N2P.Ru/c1-35(2,3)39-26-28(25-27-17-10-7-11-18-27)40(36(4,5)6)34(39)41(29-19-12-8-13-20-29,30-21-14-9-15-22-30)32-24-16-23-31(37)33(32)38;/h7-25H,26H2,1-6H3;. The molecule has 4 aromatic rings. The summed E-state index contributed by atoms with van der Waals surface area (Å²) in [5.41, 5.74) is 3.33. The van der Waals surface area contributed by atoms with Crippen molar-refractivity contribution in [3.05, 3.63) is 131 Å².